The summed E-state index contributed by atoms with van der Waals surface area (Å²) in [6.45, 7) is 0. The summed E-state index contributed by atoms with van der Waals surface area (Å²) in [5.41, 5.74) is 3.13. The average molecular weight is 419 g/mol. The molecule has 150 valence electrons. The Morgan fingerprint density at radius 3 is 2.63 bits per heavy atom. The van der Waals surface area contributed by atoms with E-state index < -0.39 is 10.0 Å². The summed E-state index contributed by atoms with van der Waals surface area (Å²) < 4.78 is 27.1. The van der Waals surface area contributed by atoms with Gasteiger partial charge in [0.25, 0.3) is 0 Å². The number of pyridine rings is 1. The van der Waals surface area contributed by atoms with Crippen LogP contribution in [-0.4, -0.2) is 52.6 Å². The molecule has 3 heterocycles. The summed E-state index contributed by atoms with van der Waals surface area (Å²) >= 11 is 0. The maximum Gasteiger partial charge on any atom is 0.242 e. The molecule has 0 radical (unpaired) electrons. The minimum atomic E-state index is -3.46. The molecule has 9 nitrogen and oxygen atoms in total. The number of nitrogens with zero attached hydrogens (tertiary/aromatic N) is 7. The maximum atomic E-state index is 12.1. The van der Waals surface area contributed by atoms with Crippen molar-refractivity contribution in [2.45, 2.75) is 11.3 Å². The lowest BCUT2D eigenvalue weighted by Gasteiger charge is -2.10. The van der Waals surface area contributed by atoms with Crippen LogP contribution >= 0.6 is 0 Å². The second-order valence-electron chi connectivity index (χ2n) is 6.65. The summed E-state index contributed by atoms with van der Waals surface area (Å²) in [5, 5.41) is 14.2. The van der Waals surface area contributed by atoms with E-state index in [0.717, 1.165) is 16.6 Å². The molecule has 3 aromatic heterocycles. The van der Waals surface area contributed by atoms with Gasteiger partial charge in [-0.1, -0.05) is 0 Å². The number of benzene rings is 1. The van der Waals surface area contributed by atoms with Crippen molar-refractivity contribution >= 4 is 38.5 Å². The molecule has 10 heteroatoms. The van der Waals surface area contributed by atoms with Crippen LogP contribution in [0.4, 0.5) is 5.69 Å². The number of nitriles is 1. The Kier molecular flexibility index (Phi) is 4.99. The second kappa shape index (κ2) is 7.62. The van der Waals surface area contributed by atoms with Crippen molar-refractivity contribution < 1.29 is 8.42 Å². The van der Waals surface area contributed by atoms with E-state index >= 15 is 0 Å². The number of hydrogen-bond donors (Lipinski definition) is 0. The van der Waals surface area contributed by atoms with E-state index in [1.165, 1.54) is 36.7 Å². The molecule has 0 aliphatic heterocycles. The van der Waals surface area contributed by atoms with Crippen molar-refractivity contribution in [3.63, 3.8) is 0 Å². The number of fused-ring (bicyclic) bond motifs is 3. The molecule has 30 heavy (non-hydrogen) atoms. The van der Waals surface area contributed by atoms with E-state index in [1.54, 1.807) is 35.3 Å². The zero-order valence-corrected chi connectivity index (χ0v) is 17.1. The minimum Gasteiger partial charge on any atom is -0.261 e. The van der Waals surface area contributed by atoms with Crippen molar-refractivity contribution in [1.29, 1.82) is 5.26 Å². The smallest absolute Gasteiger partial charge is 0.242 e. The Balaban J connectivity index is 1.59. The highest BCUT2D eigenvalue weighted by molar-refractivity contribution is 7.89. The number of hydrogen-bond acceptors (Lipinski definition) is 7. The van der Waals surface area contributed by atoms with Gasteiger partial charge in [0.15, 0.2) is 5.65 Å². The van der Waals surface area contributed by atoms with Gasteiger partial charge in [-0.3, -0.25) is 9.98 Å². The van der Waals surface area contributed by atoms with Gasteiger partial charge in [-0.2, -0.15) is 10.4 Å². The number of aromatic nitrogens is 4. The van der Waals surface area contributed by atoms with Crippen LogP contribution in [0, 0.1) is 11.3 Å². The van der Waals surface area contributed by atoms with Crippen LogP contribution in [0.15, 0.2) is 58.8 Å². The van der Waals surface area contributed by atoms with Crippen molar-refractivity contribution in [2.24, 2.45) is 4.99 Å². The van der Waals surface area contributed by atoms with Gasteiger partial charge in [-0.05, 0) is 30.3 Å². The highest BCUT2D eigenvalue weighted by atomic mass is 32.2. The maximum absolute atomic E-state index is 12.1. The summed E-state index contributed by atoms with van der Waals surface area (Å²) in [7, 11) is -0.480. The Morgan fingerprint density at radius 2 is 1.93 bits per heavy atom. The van der Waals surface area contributed by atoms with E-state index in [0.29, 0.717) is 23.3 Å². The SMILES string of the molecule is CN(C)S(=O)(=O)c1ccc(N=CCc2nccc3c2cnc2c(C#N)cnn23)cc1. The summed E-state index contributed by atoms with van der Waals surface area (Å²) in [5.74, 6) is 0. The van der Waals surface area contributed by atoms with Gasteiger partial charge in [0, 0.05) is 44.5 Å². The largest absolute Gasteiger partial charge is 0.261 e. The molecule has 0 spiro atoms. The third-order valence-corrected chi connectivity index (χ3v) is 6.43. The van der Waals surface area contributed by atoms with Crippen LogP contribution in [0.5, 0.6) is 0 Å². The van der Waals surface area contributed by atoms with E-state index in [4.69, 9.17) is 5.26 Å². The zero-order valence-electron chi connectivity index (χ0n) is 16.3. The molecule has 4 rings (SSSR count). The van der Waals surface area contributed by atoms with Gasteiger partial charge in [0.05, 0.1) is 28.0 Å². The molecular weight excluding hydrogens is 402 g/mol. The Morgan fingerprint density at radius 1 is 1.17 bits per heavy atom. The lowest BCUT2D eigenvalue weighted by atomic mass is 10.2. The van der Waals surface area contributed by atoms with Crippen LogP contribution in [0.2, 0.25) is 0 Å². The van der Waals surface area contributed by atoms with E-state index in [1.807, 2.05) is 6.07 Å². The molecule has 0 atom stereocenters. The highest BCUT2D eigenvalue weighted by Crippen LogP contribution is 2.20. The standard InChI is InChI=1S/C20H17N7O2S/c1-26(2)30(28,29)16-5-3-15(4-6-16)22-9-7-18-17-13-24-20-14(11-21)12-25-27(20)19(17)8-10-23-18/h3-6,8-10,12-13H,7H2,1-2H3. The predicted octanol–water partition coefficient (Wildman–Crippen LogP) is 2.34. The fourth-order valence-corrected chi connectivity index (χ4v) is 3.89. The molecule has 4 aromatic rings. The van der Waals surface area contributed by atoms with E-state index in [9.17, 15) is 8.42 Å². The molecule has 0 unspecified atom stereocenters. The van der Waals surface area contributed by atoms with Crippen LogP contribution < -0.4 is 0 Å². The fraction of sp³-hybridized carbons (Fsp3) is 0.150. The van der Waals surface area contributed by atoms with Gasteiger partial charge < -0.3 is 0 Å². The summed E-state index contributed by atoms with van der Waals surface area (Å²) in [6, 6.07) is 10.3. The van der Waals surface area contributed by atoms with Gasteiger partial charge in [0.1, 0.15) is 11.6 Å². The molecule has 0 aliphatic carbocycles. The Bertz CT molecular complexity index is 1420. The van der Waals surface area contributed by atoms with Crippen molar-refractivity contribution in [3.8, 4) is 6.07 Å². The average Bonchev–Trinajstić information content (AvgIpc) is 3.18. The third kappa shape index (κ3) is 3.41. The molecule has 0 bridgehead atoms. The molecule has 0 fully saturated rings. The van der Waals surface area contributed by atoms with Crippen molar-refractivity contribution in [2.75, 3.05) is 14.1 Å². The third-order valence-electron chi connectivity index (χ3n) is 4.60. The summed E-state index contributed by atoms with van der Waals surface area (Å²) in [4.78, 5) is 13.4. The number of rotatable bonds is 5. The van der Waals surface area contributed by atoms with Gasteiger partial charge in [-0.15, -0.1) is 0 Å². The first-order valence-electron chi connectivity index (χ1n) is 8.97. The van der Waals surface area contributed by atoms with Crippen LogP contribution in [0.1, 0.15) is 11.3 Å². The lowest BCUT2D eigenvalue weighted by Crippen LogP contribution is -2.21. The highest BCUT2D eigenvalue weighted by Gasteiger charge is 2.16. The topological polar surface area (TPSA) is 117 Å². The van der Waals surface area contributed by atoms with Crippen LogP contribution in [0.25, 0.3) is 16.6 Å². The summed E-state index contributed by atoms with van der Waals surface area (Å²) in [6.07, 6.45) is 7.02. The van der Waals surface area contributed by atoms with Crippen LogP contribution in [-0.2, 0) is 16.4 Å². The quantitative estimate of drug-likeness (QED) is 0.458. The Labute approximate surface area is 173 Å². The first-order chi connectivity index (χ1) is 14.4. The van der Waals surface area contributed by atoms with Gasteiger partial charge >= 0.3 is 0 Å². The van der Waals surface area contributed by atoms with E-state index in [2.05, 4.69) is 26.1 Å². The molecule has 0 N–H and O–H groups in total. The molecule has 0 saturated heterocycles. The Hall–Kier alpha value is -3.68. The predicted molar refractivity (Wildman–Crippen MR) is 112 cm³/mol. The monoisotopic (exact) mass is 419 g/mol. The molecule has 0 aliphatic rings. The van der Waals surface area contributed by atoms with Gasteiger partial charge in [-0.25, -0.2) is 22.2 Å². The fourth-order valence-electron chi connectivity index (χ4n) is 2.99. The second-order valence-corrected chi connectivity index (χ2v) is 8.80. The normalized spacial score (nSPS) is 12.2. The van der Waals surface area contributed by atoms with E-state index in [-0.39, 0.29) is 4.90 Å². The first-order valence-corrected chi connectivity index (χ1v) is 10.4. The molecule has 0 saturated carbocycles. The molecule has 0 amide bonds. The van der Waals surface area contributed by atoms with Gasteiger partial charge in [0.2, 0.25) is 10.0 Å². The molecular formula is C20H17N7O2S. The van der Waals surface area contributed by atoms with Crippen molar-refractivity contribution in [1.82, 2.24) is 23.9 Å². The number of sulfonamides is 1. The lowest BCUT2D eigenvalue weighted by molar-refractivity contribution is 0.521. The zero-order chi connectivity index (χ0) is 21.3. The molecule has 1 aromatic carbocycles. The first kappa shape index (κ1) is 19.6. The minimum absolute atomic E-state index is 0.216. The van der Waals surface area contributed by atoms with Crippen molar-refractivity contribution in [3.05, 3.63) is 60.2 Å². The van der Waals surface area contributed by atoms with Crippen LogP contribution in [0.3, 0.4) is 0 Å². The number of aliphatic imine (C=N–C) groups is 1.